The number of anilines is 1. The van der Waals surface area contributed by atoms with Crippen molar-refractivity contribution in [3.8, 4) is 11.5 Å². The van der Waals surface area contributed by atoms with E-state index in [1.807, 2.05) is 12.1 Å². The first-order valence-corrected chi connectivity index (χ1v) is 13.6. The van der Waals surface area contributed by atoms with Crippen LogP contribution in [0.3, 0.4) is 0 Å². The normalized spacial score (nSPS) is 15.3. The van der Waals surface area contributed by atoms with E-state index in [2.05, 4.69) is 20.6 Å². The van der Waals surface area contributed by atoms with Crippen LogP contribution >= 0.6 is 11.8 Å². The van der Waals surface area contributed by atoms with Gasteiger partial charge in [0, 0.05) is 18.2 Å². The van der Waals surface area contributed by atoms with E-state index in [4.69, 9.17) is 9.47 Å². The van der Waals surface area contributed by atoms with Crippen molar-refractivity contribution in [3.05, 3.63) is 83.7 Å². The quantitative estimate of drug-likeness (QED) is 0.400. The highest BCUT2D eigenvalue weighted by Crippen LogP contribution is 2.34. The standard InChI is InChI=1S/C29H26FN5O5S/c1-39-19-11-12-24(40-2)22(13-19)32-26(37)16-41-29-34-21-6-4-3-5-20(21)27-33-23(28(38)35(27)29)14-25(36)31-15-17-7-9-18(30)10-8-17/h3-13,23H,14-16H2,1-2H3,(H,31,36)(H,32,37)/t23-/m1/s1. The summed E-state index contributed by atoms with van der Waals surface area (Å²) in [5.41, 5.74) is 2.43. The van der Waals surface area contributed by atoms with Crippen molar-refractivity contribution < 1.29 is 28.2 Å². The Balaban J connectivity index is 1.28. The Morgan fingerprint density at radius 3 is 2.56 bits per heavy atom. The van der Waals surface area contributed by atoms with Crippen molar-refractivity contribution in [2.24, 2.45) is 9.98 Å². The van der Waals surface area contributed by atoms with Gasteiger partial charge in [0.2, 0.25) is 11.8 Å². The Bertz CT molecular complexity index is 1560. The second-order valence-electron chi connectivity index (χ2n) is 9.06. The highest BCUT2D eigenvalue weighted by atomic mass is 32.2. The largest absolute Gasteiger partial charge is 0.497 e. The van der Waals surface area contributed by atoms with E-state index in [1.165, 1.54) is 31.3 Å². The molecule has 3 aromatic rings. The molecule has 0 fully saturated rings. The minimum atomic E-state index is -0.954. The second-order valence-corrected chi connectivity index (χ2v) is 10.0. The number of benzene rings is 3. The van der Waals surface area contributed by atoms with Crippen LogP contribution in [0.15, 0.2) is 76.7 Å². The fourth-order valence-electron chi connectivity index (χ4n) is 4.31. The van der Waals surface area contributed by atoms with Crippen molar-refractivity contribution in [2.75, 3.05) is 25.3 Å². The summed E-state index contributed by atoms with van der Waals surface area (Å²) < 4.78 is 23.7. The summed E-state index contributed by atoms with van der Waals surface area (Å²) in [7, 11) is 3.02. The lowest BCUT2D eigenvalue weighted by molar-refractivity contribution is -0.128. The zero-order chi connectivity index (χ0) is 28.9. The fourth-order valence-corrected chi connectivity index (χ4v) is 5.11. The van der Waals surface area contributed by atoms with Gasteiger partial charge < -0.3 is 20.1 Å². The molecule has 5 rings (SSSR count). The van der Waals surface area contributed by atoms with Gasteiger partial charge in [-0.1, -0.05) is 36.0 Å². The third-order valence-corrected chi connectivity index (χ3v) is 7.28. The van der Waals surface area contributed by atoms with E-state index < -0.39 is 11.9 Å². The molecule has 2 N–H and O–H groups in total. The average molecular weight is 576 g/mol. The van der Waals surface area contributed by atoms with Gasteiger partial charge in [-0.05, 0) is 42.0 Å². The number of carbonyl (C=O) groups is 3. The lowest BCUT2D eigenvalue weighted by atomic mass is 10.1. The average Bonchev–Trinajstić information content (AvgIpc) is 3.31. The molecule has 210 valence electrons. The monoisotopic (exact) mass is 575 g/mol. The van der Waals surface area contributed by atoms with Crippen LogP contribution in [0, 0.1) is 5.82 Å². The van der Waals surface area contributed by atoms with E-state index in [-0.39, 0.29) is 41.5 Å². The van der Waals surface area contributed by atoms with Crippen LogP contribution < -0.4 is 20.1 Å². The zero-order valence-corrected chi connectivity index (χ0v) is 23.0. The van der Waals surface area contributed by atoms with Crippen molar-refractivity contribution in [3.63, 3.8) is 0 Å². The number of amides is 3. The Morgan fingerprint density at radius 1 is 1.02 bits per heavy atom. The number of methoxy groups -OCH3 is 2. The molecule has 0 bridgehead atoms. The maximum atomic E-state index is 13.5. The molecule has 0 saturated heterocycles. The van der Waals surface area contributed by atoms with Crippen LogP contribution in [0.1, 0.15) is 17.5 Å². The maximum absolute atomic E-state index is 13.5. The Hall–Kier alpha value is -4.71. The van der Waals surface area contributed by atoms with Crippen LogP contribution in [-0.2, 0) is 20.9 Å². The van der Waals surface area contributed by atoms with Crippen molar-refractivity contribution in [1.29, 1.82) is 0 Å². The van der Waals surface area contributed by atoms with E-state index in [0.29, 0.717) is 34.3 Å². The van der Waals surface area contributed by atoms with Gasteiger partial charge in [-0.15, -0.1) is 0 Å². The van der Waals surface area contributed by atoms with Crippen LogP contribution in [0.25, 0.3) is 0 Å². The van der Waals surface area contributed by atoms with Crippen molar-refractivity contribution >= 4 is 51.9 Å². The number of ether oxygens (including phenoxy) is 2. The highest BCUT2D eigenvalue weighted by molar-refractivity contribution is 8.14. The number of para-hydroxylation sites is 1. The van der Waals surface area contributed by atoms with Crippen molar-refractivity contribution in [2.45, 2.75) is 19.0 Å². The van der Waals surface area contributed by atoms with Gasteiger partial charge in [-0.2, -0.15) is 0 Å². The van der Waals surface area contributed by atoms with Crippen LogP contribution in [0.5, 0.6) is 11.5 Å². The SMILES string of the molecule is COc1ccc(OC)c(NC(=O)CSC2=Nc3ccccc3C3=N[C@H](CC(=O)NCc4ccc(F)cc4)C(=O)N23)c1. The van der Waals surface area contributed by atoms with E-state index in [0.717, 1.165) is 17.3 Å². The second kappa shape index (κ2) is 12.2. The van der Waals surface area contributed by atoms with Gasteiger partial charge in [0.05, 0.1) is 37.8 Å². The number of halogens is 1. The van der Waals surface area contributed by atoms with Crippen LogP contribution in [0.2, 0.25) is 0 Å². The Morgan fingerprint density at radius 2 is 1.80 bits per heavy atom. The van der Waals surface area contributed by atoms with Gasteiger partial charge in [0.15, 0.2) is 5.17 Å². The molecule has 0 radical (unpaired) electrons. The molecule has 0 unspecified atom stereocenters. The minimum absolute atomic E-state index is 0.0543. The van der Waals surface area contributed by atoms with Gasteiger partial charge >= 0.3 is 0 Å². The molecule has 2 aliphatic rings. The summed E-state index contributed by atoms with van der Waals surface area (Å²) in [5, 5.41) is 5.84. The first-order valence-electron chi connectivity index (χ1n) is 12.6. The third kappa shape index (κ3) is 6.22. The molecule has 0 aromatic heterocycles. The molecule has 0 spiro atoms. The number of nitrogens with one attached hydrogen (secondary N) is 2. The molecule has 1 atom stereocenters. The number of hydrogen-bond donors (Lipinski definition) is 2. The summed E-state index contributed by atoms with van der Waals surface area (Å²) in [5.74, 6) is -0.135. The molecule has 2 aliphatic heterocycles. The van der Waals surface area contributed by atoms with Crippen LogP contribution in [-0.4, -0.2) is 59.6 Å². The molecule has 2 heterocycles. The highest BCUT2D eigenvalue weighted by Gasteiger charge is 2.42. The number of hydrogen-bond acceptors (Lipinski definition) is 8. The number of thioether (sulfide) groups is 1. The Kier molecular flexibility index (Phi) is 8.29. The summed E-state index contributed by atoms with van der Waals surface area (Å²) in [4.78, 5) is 49.6. The summed E-state index contributed by atoms with van der Waals surface area (Å²) in [6.07, 6.45) is -0.170. The summed E-state index contributed by atoms with van der Waals surface area (Å²) in [6.45, 7) is 0.193. The fraction of sp³-hybridized carbons (Fsp3) is 0.207. The summed E-state index contributed by atoms with van der Waals surface area (Å²) >= 11 is 1.08. The first kappa shape index (κ1) is 27.8. The third-order valence-electron chi connectivity index (χ3n) is 6.34. The number of nitrogens with zero attached hydrogens (tertiary/aromatic N) is 3. The lowest BCUT2D eigenvalue weighted by Crippen LogP contribution is -2.42. The molecule has 10 nitrogen and oxygen atoms in total. The molecule has 12 heteroatoms. The summed E-state index contributed by atoms with van der Waals surface area (Å²) in [6, 6.07) is 17.1. The predicted octanol–water partition coefficient (Wildman–Crippen LogP) is 3.88. The first-order chi connectivity index (χ1) is 19.9. The number of aliphatic imine (C=N–C) groups is 2. The predicted molar refractivity (Wildman–Crippen MR) is 154 cm³/mol. The zero-order valence-electron chi connectivity index (χ0n) is 22.2. The number of fused-ring (bicyclic) bond motifs is 3. The van der Waals surface area contributed by atoms with Crippen LogP contribution in [0.4, 0.5) is 15.8 Å². The van der Waals surface area contributed by atoms with Gasteiger partial charge in [0.25, 0.3) is 5.91 Å². The molecule has 3 amide bonds. The number of carbonyl (C=O) groups excluding carboxylic acids is 3. The van der Waals surface area contributed by atoms with Gasteiger partial charge in [0.1, 0.15) is 29.2 Å². The van der Waals surface area contributed by atoms with Gasteiger partial charge in [-0.25, -0.2) is 14.3 Å². The topological polar surface area (TPSA) is 122 Å². The molecule has 0 saturated carbocycles. The smallest absolute Gasteiger partial charge is 0.259 e. The maximum Gasteiger partial charge on any atom is 0.259 e. The molecule has 0 aliphatic carbocycles. The van der Waals surface area contributed by atoms with Crippen molar-refractivity contribution in [1.82, 2.24) is 10.2 Å². The lowest BCUT2D eigenvalue weighted by Gasteiger charge is -2.25. The van der Waals surface area contributed by atoms with E-state index in [9.17, 15) is 18.8 Å². The molecule has 41 heavy (non-hydrogen) atoms. The molecule has 3 aromatic carbocycles. The van der Waals surface area contributed by atoms with Gasteiger partial charge in [-0.3, -0.25) is 19.4 Å². The molecular formula is C29H26FN5O5S. The minimum Gasteiger partial charge on any atom is -0.497 e. The Labute approximate surface area is 239 Å². The molecular weight excluding hydrogens is 549 g/mol. The van der Waals surface area contributed by atoms with E-state index in [1.54, 1.807) is 42.5 Å². The number of rotatable bonds is 9. The van der Waals surface area contributed by atoms with E-state index >= 15 is 0 Å². The number of amidine groups is 2.